The van der Waals surface area contributed by atoms with E-state index < -0.39 is 11.3 Å². The van der Waals surface area contributed by atoms with E-state index in [0.29, 0.717) is 31.2 Å². The first kappa shape index (κ1) is 23.2. The Morgan fingerprint density at radius 2 is 1.94 bits per heavy atom. The fraction of sp³-hybridized carbons (Fsp3) is 0.480. The summed E-state index contributed by atoms with van der Waals surface area (Å²) in [6, 6.07) is 12.0. The third-order valence-corrected chi connectivity index (χ3v) is 6.40. The number of hydrogen-bond acceptors (Lipinski definition) is 7. The van der Waals surface area contributed by atoms with Crippen molar-refractivity contribution in [1.82, 2.24) is 4.90 Å². The molecule has 0 aromatic heterocycles. The molecule has 1 aliphatic carbocycles. The minimum absolute atomic E-state index is 0.0286. The number of rotatable bonds is 7. The van der Waals surface area contributed by atoms with Crippen molar-refractivity contribution >= 4 is 0 Å². The first-order chi connectivity index (χ1) is 15.5. The van der Waals surface area contributed by atoms with E-state index in [9.17, 15) is 15.8 Å². The van der Waals surface area contributed by atoms with Crippen LogP contribution in [0.25, 0.3) is 0 Å². The highest BCUT2D eigenvalue weighted by Gasteiger charge is 2.54. The van der Waals surface area contributed by atoms with E-state index in [1.807, 2.05) is 31.3 Å². The van der Waals surface area contributed by atoms with Gasteiger partial charge in [-0.1, -0.05) is 31.9 Å². The van der Waals surface area contributed by atoms with Crippen molar-refractivity contribution in [3.63, 3.8) is 0 Å². The van der Waals surface area contributed by atoms with Crippen molar-refractivity contribution in [3.05, 3.63) is 46.7 Å². The lowest BCUT2D eigenvalue weighted by Gasteiger charge is -2.45. The fourth-order valence-corrected chi connectivity index (χ4v) is 4.73. The Hall–Kier alpha value is -3.47. The van der Waals surface area contributed by atoms with Crippen LogP contribution in [0, 0.1) is 45.3 Å². The molecule has 0 fully saturated rings. The van der Waals surface area contributed by atoms with Crippen molar-refractivity contribution in [3.8, 4) is 29.7 Å². The van der Waals surface area contributed by atoms with Crippen LogP contribution in [-0.4, -0.2) is 38.8 Å². The minimum Gasteiger partial charge on any atom is -0.493 e. The number of ether oxygens (including phenoxy) is 2. The molecule has 1 aromatic rings. The molecule has 0 bridgehead atoms. The van der Waals surface area contributed by atoms with Crippen molar-refractivity contribution in [2.24, 2.45) is 17.1 Å². The van der Waals surface area contributed by atoms with Gasteiger partial charge in [0.2, 0.25) is 0 Å². The van der Waals surface area contributed by atoms with E-state index in [1.165, 1.54) is 0 Å². The molecule has 1 aromatic carbocycles. The molecule has 0 radical (unpaired) electrons. The molecule has 3 rings (SSSR count). The van der Waals surface area contributed by atoms with E-state index in [0.717, 1.165) is 30.4 Å². The molecular weight excluding hydrogens is 402 g/mol. The molecular formula is C25H29N5O2. The van der Waals surface area contributed by atoms with Crippen LogP contribution >= 0.6 is 0 Å². The Morgan fingerprint density at radius 3 is 2.56 bits per heavy atom. The average Bonchev–Trinajstić information content (AvgIpc) is 2.81. The predicted molar refractivity (Wildman–Crippen MR) is 120 cm³/mol. The Labute approximate surface area is 189 Å². The van der Waals surface area contributed by atoms with Crippen molar-refractivity contribution in [1.29, 1.82) is 15.8 Å². The SMILES string of the molecule is CCCCCOc1ccc(C2C3CN(C)CC=C3C(C#N)=C(N)C2(C#N)C#N)cc1OC. The lowest BCUT2D eigenvalue weighted by Crippen LogP contribution is -2.47. The van der Waals surface area contributed by atoms with Gasteiger partial charge >= 0.3 is 0 Å². The van der Waals surface area contributed by atoms with Gasteiger partial charge in [-0.05, 0) is 36.7 Å². The average molecular weight is 432 g/mol. The monoisotopic (exact) mass is 431 g/mol. The molecule has 32 heavy (non-hydrogen) atoms. The van der Waals surface area contributed by atoms with Crippen molar-refractivity contribution in [2.75, 3.05) is 33.9 Å². The molecule has 0 spiro atoms. The second-order valence-electron chi connectivity index (χ2n) is 8.36. The Balaban J connectivity index is 2.12. The Bertz CT molecular complexity index is 1040. The zero-order chi connectivity index (χ0) is 23.3. The van der Waals surface area contributed by atoms with Crippen LogP contribution in [0.4, 0.5) is 0 Å². The first-order valence-corrected chi connectivity index (χ1v) is 10.9. The molecule has 1 aliphatic heterocycles. The molecule has 166 valence electrons. The number of unbranched alkanes of at least 4 members (excludes halogenated alkanes) is 2. The molecule has 2 atom stereocenters. The van der Waals surface area contributed by atoms with E-state index in [1.54, 1.807) is 7.11 Å². The largest absolute Gasteiger partial charge is 0.493 e. The molecule has 7 heteroatoms. The number of hydrogen-bond donors (Lipinski definition) is 1. The van der Waals surface area contributed by atoms with E-state index in [-0.39, 0.29) is 17.2 Å². The molecule has 2 aliphatic rings. The van der Waals surface area contributed by atoms with Gasteiger partial charge in [-0.15, -0.1) is 0 Å². The van der Waals surface area contributed by atoms with Gasteiger partial charge in [0, 0.05) is 24.9 Å². The van der Waals surface area contributed by atoms with Gasteiger partial charge < -0.3 is 20.1 Å². The van der Waals surface area contributed by atoms with Gasteiger partial charge in [-0.3, -0.25) is 0 Å². The fourth-order valence-electron chi connectivity index (χ4n) is 4.73. The summed E-state index contributed by atoms with van der Waals surface area (Å²) in [6.07, 6.45) is 5.13. The van der Waals surface area contributed by atoms with Gasteiger partial charge in [-0.2, -0.15) is 15.8 Å². The van der Waals surface area contributed by atoms with Crippen LogP contribution in [0.5, 0.6) is 11.5 Å². The van der Waals surface area contributed by atoms with Gasteiger partial charge in [0.1, 0.15) is 6.07 Å². The Morgan fingerprint density at radius 1 is 1.19 bits per heavy atom. The second-order valence-corrected chi connectivity index (χ2v) is 8.36. The van der Waals surface area contributed by atoms with Crippen LogP contribution in [-0.2, 0) is 0 Å². The highest BCUT2D eigenvalue weighted by Crippen LogP contribution is 2.54. The molecule has 7 nitrogen and oxygen atoms in total. The number of allylic oxidation sites excluding steroid dienone is 2. The maximum atomic E-state index is 10.2. The summed E-state index contributed by atoms with van der Waals surface area (Å²) in [6.45, 7) is 4.02. The number of likely N-dealkylation sites (N-methyl/N-ethyl adjacent to an activating group) is 1. The van der Waals surface area contributed by atoms with E-state index >= 15 is 0 Å². The third kappa shape index (κ3) is 3.91. The quantitative estimate of drug-likeness (QED) is 0.655. The number of nitrogens with two attached hydrogens (primary N) is 1. The molecule has 0 amide bonds. The maximum absolute atomic E-state index is 10.2. The highest BCUT2D eigenvalue weighted by molar-refractivity contribution is 5.60. The zero-order valence-corrected chi connectivity index (χ0v) is 18.9. The summed E-state index contributed by atoms with van der Waals surface area (Å²) in [5.41, 5.74) is 6.56. The molecule has 0 saturated heterocycles. The van der Waals surface area contributed by atoms with Crippen molar-refractivity contribution < 1.29 is 9.47 Å². The van der Waals surface area contributed by atoms with Crippen LogP contribution in [0.2, 0.25) is 0 Å². The topological polar surface area (TPSA) is 119 Å². The summed E-state index contributed by atoms with van der Waals surface area (Å²) < 4.78 is 11.5. The smallest absolute Gasteiger partial charge is 0.191 e. The zero-order valence-electron chi connectivity index (χ0n) is 18.9. The highest BCUT2D eigenvalue weighted by atomic mass is 16.5. The maximum Gasteiger partial charge on any atom is 0.191 e. The Kier molecular flexibility index (Phi) is 7.08. The van der Waals surface area contributed by atoms with Crippen molar-refractivity contribution in [2.45, 2.75) is 32.1 Å². The number of nitriles is 3. The minimum atomic E-state index is -1.65. The number of benzene rings is 1. The number of fused-ring (bicyclic) bond motifs is 1. The number of methoxy groups -OCH3 is 1. The standard InChI is InChI=1S/C25H29N5O2/c1-4-5-6-11-32-21-8-7-17(12-22(21)31-3)23-20-14-30(2)10-9-18(20)19(13-26)24(29)25(23,15-27)16-28/h7-9,12,20,23H,4-6,10-11,14,29H2,1-3H3. The molecule has 0 saturated carbocycles. The van der Waals surface area contributed by atoms with Crippen LogP contribution in [0.1, 0.15) is 37.7 Å². The van der Waals surface area contributed by atoms with Gasteiger partial charge in [0.05, 0.1) is 37.1 Å². The molecule has 2 unspecified atom stereocenters. The van der Waals surface area contributed by atoms with Gasteiger partial charge in [0.15, 0.2) is 16.9 Å². The lowest BCUT2D eigenvalue weighted by molar-refractivity contribution is 0.237. The summed E-state index contributed by atoms with van der Waals surface area (Å²) in [7, 11) is 3.55. The second kappa shape index (κ2) is 9.77. The first-order valence-electron chi connectivity index (χ1n) is 10.9. The third-order valence-electron chi connectivity index (χ3n) is 6.40. The summed E-state index contributed by atoms with van der Waals surface area (Å²) in [4.78, 5) is 2.11. The van der Waals surface area contributed by atoms with Crippen LogP contribution < -0.4 is 15.2 Å². The van der Waals surface area contributed by atoms with Crippen LogP contribution in [0.3, 0.4) is 0 Å². The molecule has 2 N–H and O–H groups in total. The summed E-state index contributed by atoms with van der Waals surface area (Å²) in [5.74, 6) is 0.398. The lowest BCUT2D eigenvalue weighted by atomic mass is 9.58. The van der Waals surface area contributed by atoms with Gasteiger partial charge in [-0.25, -0.2) is 0 Å². The number of nitrogens with zero attached hydrogens (tertiary/aromatic N) is 4. The van der Waals surface area contributed by atoms with E-state index in [4.69, 9.17) is 15.2 Å². The predicted octanol–water partition coefficient (Wildman–Crippen LogP) is 3.62. The van der Waals surface area contributed by atoms with Gasteiger partial charge in [0.25, 0.3) is 0 Å². The normalized spacial score (nSPS) is 22.1. The summed E-state index contributed by atoms with van der Waals surface area (Å²) in [5, 5.41) is 30.1. The molecule has 1 heterocycles. The van der Waals surface area contributed by atoms with E-state index in [2.05, 4.69) is 30.0 Å². The summed E-state index contributed by atoms with van der Waals surface area (Å²) >= 11 is 0. The van der Waals surface area contributed by atoms with Crippen LogP contribution in [0.15, 0.2) is 41.1 Å².